The molecule has 1 aliphatic rings. The molecule has 1 aromatic heterocycles. The SMILES string of the molecule is O=C1CC(c2ccccc2O)Cc2c1cnn2-c1ccccc1F. The number of para-hydroxylation sites is 2. The quantitative estimate of drug-likeness (QED) is 0.784. The Kier molecular flexibility index (Phi) is 3.41. The number of benzene rings is 2. The number of hydrogen-bond donors (Lipinski definition) is 1. The lowest BCUT2D eigenvalue weighted by atomic mass is 9.82. The summed E-state index contributed by atoms with van der Waals surface area (Å²) in [4.78, 5) is 12.5. The van der Waals surface area contributed by atoms with Gasteiger partial charge in [0.05, 0.1) is 17.5 Å². The second-order valence-electron chi connectivity index (χ2n) is 5.96. The molecule has 1 unspecified atom stereocenters. The van der Waals surface area contributed by atoms with E-state index >= 15 is 0 Å². The number of carbonyl (C=O) groups excluding carboxylic acids is 1. The van der Waals surface area contributed by atoms with E-state index in [0.717, 1.165) is 5.56 Å². The van der Waals surface area contributed by atoms with Gasteiger partial charge >= 0.3 is 0 Å². The van der Waals surface area contributed by atoms with Crippen LogP contribution < -0.4 is 0 Å². The van der Waals surface area contributed by atoms with Crippen LogP contribution in [0.25, 0.3) is 5.69 Å². The Bertz CT molecular complexity index is 933. The van der Waals surface area contributed by atoms with Crippen LogP contribution in [0.1, 0.15) is 34.0 Å². The summed E-state index contributed by atoms with van der Waals surface area (Å²) in [7, 11) is 0. The second kappa shape index (κ2) is 5.60. The summed E-state index contributed by atoms with van der Waals surface area (Å²) in [6.07, 6.45) is 2.34. The zero-order valence-corrected chi connectivity index (χ0v) is 12.8. The fraction of sp³-hybridized carbons (Fsp3) is 0.158. The van der Waals surface area contributed by atoms with Gasteiger partial charge in [0.2, 0.25) is 0 Å². The molecule has 0 fully saturated rings. The van der Waals surface area contributed by atoms with Crippen molar-refractivity contribution in [2.24, 2.45) is 0 Å². The van der Waals surface area contributed by atoms with E-state index in [0.29, 0.717) is 29.8 Å². The van der Waals surface area contributed by atoms with Crippen LogP contribution in [-0.2, 0) is 6.42 Å². The largest absolute Gasteiger partial charge is 0.508 e. The molecular weight excluding hydrogens is 307 g/mol. The molecule has 0 aliphatic heterocycles. The fourth-order valence-corrected chi connectivity index (χ4v) is 3.33. The first-order chi connectivity index (χ1) is 11.6. The van der Waals surface area contributed by atoms with Crippen molar-refractivity contribution in [2.45, 2.75) is 18.8 Å². The Labute approximate surface area is 138 Å². The Morgan fingerprint density at radius 3 is 2.62 bits per heavy atom. The average Bonchev–Trinajstić information content (AvgIpc) is 3.00. The molecule has 1 heterocycles. The predicted octanol–water partition coefficient (Wildman–Crippen LogP) is 3.63. The van der Waals surface area contributed by atoms with Gasteiger partial charge in [0, 0.05) is 12.3 Å². The van der Waals surface area contributed by atoms with Crippen LogP contribution >= 0.6 is 0 Å². The minimum absolute atomic E-state index is 0.0351. The average molecular weight is 322 g/mol. The summed E-state index contributed by atoms with van der Waals surface area (Å²) in [5, 5.41) is 14.3. The van der Waals surface area contributed by atoms with E-state index in [1.54, 1.807) is 30.3 Å². The Hall–Kier alpha value is -2.95. The van der Waals surface area contributed by atoms with Crippen LogP contribution in [0.5, 0.6) is 5.75 Å². The van der Waals surface area contributed by atoms with Gasteiger partial charge in [0.25, 0.3) is 0 Å². The van der Waals surface area contributed by atoms with Gasteiger partial charge in [-0.05, 0) is 30.2 Å². The number of halogens is 1. The van der Waals surface area contributed by atoms with Gasteiger partial charge in [-0.1, -0.05) is 30.3 Å². The van der Waals surface area contributed by atoms with Crippen molar-refractivity contribution in [1.82, 2.24) is 9.78 Å². The summed E-state index contributed by atoms with van der Waals surface area (Å²) in [5.41, 5.74) is 2.27. The number of rotatable bonds is 2. The summed E-state index contributed by atoms with van der Waals surface area (Å²) in [6.45, 7) is 0. The maximum Gasteiger partial charge on any atom is 0.166 e. The molecule has 2 aromatic carbocycles. The normalized spacial score (nSPS) is 16.9. The van der Waals surface area contributed by atoms with Crippen LogP contribution in [-0.4, -0.2) is 20.7 Å². The lowest BCUT2D eigenvalue weighted by molar-refractivity contribution is 0.0963. The van der Waals surface area contributed by atoms with Crippen LogP contribution in [0, 0.1) is 5.82 Å². The summed E-state index contributed by atoms with van der Waals surface area (Å²) < 4.78 is 15.6. The molecule has 4 rings (SSSR count). The molecule has 0 radical (unpaired) electrons. The zero-order valence-electron chi connectivity index (χ0n) is 12.8. The van der Waals surface area contributed by atoms with E-state index in [1.807, 2.05) is 12.1 Å². The van der Waals surface area contributed by atoms with Crippen molar-refractivity contribution in [1.29, 1.82) is 0 Å². The van der Waals surface area contributed by atoms with E-state index in [4.69, 9.17) is 0 Å². The molecule has 24 heavy (non-hydrogen) atoms. The molecule has 4 nitrogen and oxygen atoms in total. The topological polar surface area (TPSA) is 55.1 Å². The number of ketones is 1. The van der Waals surface area contributed by atoms with Gasteiger partial charge in [-0.25, -0.2) is 9.07 Å². The summed E-state index contributed by atoms with van der Waals surface area (Å²) in [5.74, 6) is -0.392. The molecule has 3 aromatic rings. The van der Waals surface area contributed by atoms with Crippen molar-refractivity contribution in [2.75, 3.05) is 0 Å². The number of fused-ring (bicyclic) bond motifs is 1. The first-order valence-corrected chi connectivity index (χ1v) is 7.78. The maximum absolute atomic E-state index is 14.1. The highest BCUT2D eigenvalue weighted by atomic mass is 19.1. The number of aromatic nitrogens is 2. The zero-order chi connectivity index (χ0) is 16.7. The number of carbonyl (C=O) groups is 1. The predicted molar refractivity (Wildman–Crippen MR) is 87.0 cm³/mol. The molecule has 5 heteroatoms. The van der Waals surface area contributed by atoms with Crippen LogP contribution in [0.3, 0.4) is 0 Å². The number of phenols is 1. The van der Waals surface area contributed by atoms with E-state index in [9.17, 15) is 14.3 Å². The molecule has 1 aliphatic carbocycles. The van der Waals surface area contributed by atoms with E-state index < -0.39 is 0 Å². The molecule has 0 saturated carbocycles. The van der Waals surface area contributed by atoms with Gasteiger partial charge in [-0.2, -0.15) is 5.10 Å². The maximum atomic E-state index is 14.1. The van der Waals surface area contributed by atoms with Crippen molar-refractivity contribution >= 4 is 5.78 Å². The monoisotopic (exact) mass is 322 g/mol. The third-order valence-corrected chi connectivity index (χ3v) is 4.50. The van der Waals surface area contributed by atoms with Gasteiger partial charge in [-0.3, -0.25) is 4.79 Å². The molecule has 0 spiro atoms. The van der Waals surface area contributed by atoms with Crippen molar-refractivity contribution in [3.63, 3.8) is 0 Å². The van der Waals surface area contributed by atoms with Crippen molar-refractivity contribution in [3.8, 4) is 11.4 Å². The third-order valence-electron chi connectivity index (χ3n) is 4.50. The minimum Gasteiger partial charge on any atom is -0.508 e. The lowest BCUT2D eigenvalue weighted by Crippen LogP contribution is -2.20. The smallest absolute Gasteiger partial charge is 0.166 e. The van der Waals surface area contributed by atoms with E-state index in [2.05, 4.69) is 5.10 Å². The highest BCUT2D eigenvalue weighted by Crippen LogP contribution is 2.37. The molecule has 0 bridgehead atoms. The van der Waals surface area contributed by atoms with Crippen LogP contribution in [0.15, 0.2) is 54.7 Å². The molecular formula is C19H15FN2O2. The highest BCUT2D eigenvalue weighted by Gasteiger charge is 2.31. The van der Waals surface area contributed by atoms with E-state index in [1.165, 1.54) is 16.9 Å². The first-order valence-electron chi connectivity index (χ1n) is 7.78. The number of phenolic OH excluding ortho intramolecular Hbond substituents is 1. The van der Waals surface area contributed by atoms with Gasteiger partial charge in [-0.15, -0.1) is 0 Å². The molecule has 0 amide bonds. The number of nitrogens with zero attached hydrogens (tertiary/aromatic N) is 2. The lowest BCUT2D eigenvalue weighted by Gasteiger charge is -2.23. The minimum atomic E-state index is -0.388. The first kappa shape index (κ1) is 14.6. The molecule has 1 atom stereocenters. The number of aromatic hydroxyl groups is 1. The van der Waals surface area contributed by atoms with Crippen LogP contribution in [0.2, 0.25) is 0 Å². The van der Waals surface area contributed by atoms with Crippen molar-refractivity contribution in [3.05, 3.63) is 77.4 Å². The van der Waals surface area contributed by atoms with Crippen molar-refractivity contribution < 1.29 is 14.3 Å². The Morgan fingerprint density at radius 2 is 1.83 bits per heavy atom. The number of Topliss-reactive ketones (excluding diaryl/α,β-unsaturated/α-hetero) is 1. The third kappa shape index (κ3) is 2.29. The van der Waals surface area contributed by atoms with Gasteiger partial charge in [0.1, 0.15) is 17.3 Å². The molecule has 120 valence electrons. The standard InChI is InChI=1S/C19H15FN2O2/c20-15-6-2-3-7-16(15)22-17-9-12(10-19(24)14(17)11-21-22)13-5-1-4-8-18(13)23/h1-8,11-12,23H,9-10H2. The van der Waals surface area contributed by atoms with Gasteiger partial charge < -0.3 is 5.11 Å². The fourth-order valence-electron chi connectivity index (χ4n) is 3.33. The summed E-state index contributed by atoms with van der Waals surface area (Å²) in [6, 6.07) is 13.4. The second-order valence-corrected chi connectivity index (χ2v) is 5.96. The van der Waals surface area contributed by atoms with Gasteiger partial charge in [0.15, 0.2) is 5.78 Å². The molecule has 1 N–H and O–H groups in total. The Morgan fingerprint density at radius 1 is 1.08 bits per heavy atom. The van der Waals surface area contributed by atoms with Crippen LogP contribution in [0.4, 0.5) is 4.39 Å². The number of hydrogen-bond acceptors (Lipinski definition) is 3. The Balaban J connectivity index is 1.80. The van der Waals surface area contributed by atoms with E-state index in [-0.39, 0.29) is 23.3 Å². The molecule has 0 saturated heterocycles. The highest BCUT2D eigenvalue weighted by molar-refractivity contribution is 5.98. The summed E-state index contributed by atoms with van der Waals surface area (Å²) >= 11 is 0.